The fourth-order valence-electron chi connectivity index (χ4n) is 3.74. The number of hydrogen-bond donors (Lipinski definition) is 3. The zero-order chi connectivity index (χ0) is 22.2. The summed E-state index contributed by atoms with van der Waals surface area (Å²) in [5.74, 6) is -1.11. The predicted octanol–water partition coefficient (Wildman–Crippen LogP) is 4.95. The normalized spacial score (nSPS) is 14.2. The maximum Gasteiger partial charge on any atom is 0.200 e. The number of nitrogens with one attached hydrogen (secondary N) is 2. The number of nitrogens with zero attached hydrogens (tertiary/aromatic N) is 3. The summed E-state index contributed by atoms with van der Waals surface area (Å²) in [7, 11) is 0. The first-order valence-corrected chi connectivity index (χ1v) is 10.7. The number of halogens is 3. The van der Waals surface area contributed by atoms with Crippen molar-refractivity contribution in [2.45, 2.75) is 0 Å². The van der Waals surface area contributed by atoms with Crippen molar-refractivity contribution < 1.29 is 18.6 Å². The zero-order valence-electron chi connectivity index (χ0n) is 16.7. The van der Waals surface area contributed by atoms with Gasteiger partial charge in [0.1, 0.15) is 17.5 Å². The van der Waals surface area contributed by atoms with E-state index in [0.29, 0.717) is 40.1 Å². The molecule has 10 heteroatoms. The Bertz CT molecular complexity index is 1270. The SMILES string of the molecule is Oc1[nH]cc2nc(-c3c(F)cccc3F)c(Br)c(Nc3ccc(N4CCOCC4)cn3)c12. The third-order valence-electron chi connectivity index (χ3n) is 5.32. The van der Waals surface area contributed by atoms with E-state index in [4.69, 9.17) is 4.74 Å². The van der Waals surface area contributed by atoms with E-state index in [1.165, 1.54) is 24.4 Å². The summed E-state index contributed by atoms with van der Waals surface area (Å²) in [6.07, 6.45) is 3.22. The molecule has 0 bridgehead atoms. The molecule has 0 saturated carbocycles. The number of rotatable bonds is 4. The lowest BCUT2D eigenvalue weighted by molar-refractivity contribution is 0.122. The van der Waals surface area contributed by atoms with Crippen molar-refractivity contribution in [2.24, 2.45) is 0 Å². The minimum atomic E-state index is -0.740. The van der Waals surface area contributed by atoms with Gasteiger partial charge in [0.2, 0.25) is 0 Å². The quantitative estimate of drug-likeness (QED) is 0.366. The van der Waals surface area contributed by atoms with Gasteiger partial charge in [-0.1, -0.05) is 6.07 Å². The van der Waals surface area contributed by atoms with E-state index in [2.05, 4.69) is 41.1 Å². The first-order chi connectivity index (χ1) is 15.5. The molecule has 1 aromatic carbocycles. The van der Waals surface area contributed by atoms with Crippen LogP contribution in [0.3, 0.4) is 0 Å². The molecule has 0 radical (unpaired) electrons. The molecule has 0 spiro atoms. The number of morpholine rings is 1. The maximum atomic E-state index is 14.5. The van der Waals surface area contributed by atoms with E-state index < -0.39 is 11.6 Å². The summed E-state index contributed by atoms with van der Waals surface area (Å²) in [6.45, 7) is 2.92. The van der Waals surface area contributed by atoms with Crippen molar-refractivity contribution in [1.29, 1.82) is 0 Å². The van der Waals surface area contributed by atoms with E-state index in [1.54, 1.807) is 12.3 Å². The topological polar surface area (TPSA) is 86.3 Å². The number of aromatic amines is 1. The Balaban J connectivity index is 1.57. The van der Waals surface area contributed by atoms with Crippen molar-refractivity contribution in [3.63, 3.8) is 0 Å². The van der Waals surface area contributed by atoms with Gasteiger partial charge < -0.3 is 25.0 Å². The molecule has 32 heavy (non-hydrogen) atoms. The summed E-state index contributed by atoms with van der Waals surface area (Å²) < 4.78 is 34.7. The zero-order valence-corrected chi connectivity index (χ0v) is 18.3. The van der Waals surface area contributed by atoms with Crippen LogP contribution >= 0.6 is 15.9 Å². The second kappa shape index (κ2) is 8.36. The lowest BCUT2D eigenvalue weighted by atomic mass is 10.1. The number of fused-ring (bicyclic) bond motifs is 1. The summed E-state index contributed by atoms with van der Waals surface area (Å²) >= 11 is 3.43. The van der Waals surface area contributed by atoms with Crippen LogP contribution in [0.5, 0.6) is 5.88 Å². The molecule has 1 aliphatic heterocycles. The van der Waals surface area contributed by atoms with Crippen LogP contribution in [0.4, 0.5) is 26.0 Å². The molecule has 3 aromatic heterocycles. The molecule has 0 amide bonds. The molecule has 1 aliphatic rings. The minimum absolute atomic E-state index is 0.0690. The van der Waals surface area contributed by atoms with Crippen LogP contribution in [-0.2, 0) is 4.74 Å². The van der Waals surface area contributed by atoms with Gasteiger partial charge >= 0.3 is 0 Å². The van der Waals surface area contributed by atoms with E-state index in [9.17, 15) is 13.9 Å². The van der Waals surface area contributed by atoms with Crippen LogP contribution in [0.15, 0.2) is 47.2 Å². The van der Waals surface area contributed by atoms with Gasteiger partial charge in [-0.15, -0.1) is 0 Å². The average molecular weight is 502 g/mol. The average Bonchev–Trinajstić information content (AvgIpc) is 3.17. The lowest BCUT2D eigenvalue weighted by Gasteiger charge is -2.28. The Morgan fingerprint density at radius 3 is 2.56 bits per heavy atom. The Kier molecular flexibility index (Phi) is 5.40. The van der Waals surface area contributed by atoms with Crippen LogP contribution in [0, 0.1) is 11.6 Å². The summed E-state index contributed by atoms with van der Waals surface area (Å²) in [5, 5.41) is 13.9. The smallest absolute Gasteiger partial charge is 0.200 e. The van der Waals surface area contributed by atoms with E-state index >= 15 is 0 Å². The molecule has 7 nitrogen and oxygen atoms in total. The molecule has 1 saturated heterocycles. The number of benzene rings is 1. The van der Waals surface area contributed by atoms with Gasteiger partial charge in [0.25, 0.3) is 0 Å². The second-order valence-corrected chi connectivity index (χ2v) is 8.06. The molecular formula is C22H18BrF2N5O2. The lowest BCUT2D eigenvalue weighted by Crippen LogP contribution is -2.36. The molecule has 0 atom stereocenters. The molecule has 3 N–H and O–H groups in total. The predicted molar refractivity (Wildman–Crippen MR) is 121 cm³/mol. The van der Waals surface area contributed by atoms with Crippen LogP contribution in [0.2, 0.25) is 0 Å². The molecule has 1 fully saturated rings. The third kappa shape index (κ3) is 3.65. The van der Waals surface area contributed by atoms with Crippen LogP contribution < -0.4 is 10.2 Å². The number of ether oxygens (including phenoxy) is 1. The monoisotopic (exact) mass is 501 g/mol. The van der Waals surface area contributed by atoms with E-state index in [-0.39, 0.29) is 17.1 Å². The summed E-state index contributed by atoms with van der Waals surface area (Å²) in [4.78, 5) is 13.7. The van der Waals surface area contributed by atoms with Gasteiger partial charge in [0.05, 0.1) is 57.4 Å². The molecule has 0 aliphatic carbocycles. The van der Waals surface area contributed by atoms with Gasteiger partial charge in [-0.25, -0.2) is 18.7 Å². The molecule has 4 aromatic rings. The number of H-pyrrole nitrogens is 1. The van der Waals surface area contributed by atoms with Crippen LogP contribution in [0.1, 0.15) is 0 Å². The summed E-state index contributed by atoms with van der Waals surface area (Å²) in [6, 6.07) is 7.37. The Hall–Kier alpha value is -3.24. The first-order valence-electron chi connectivity index (χ1n) is 9.92. The van der Waals surface area contributed by atoms with E-state index in [0.717, 1.165) is 18.8 Å². The molecule has 5 rings (SSSR count). The Morgan fingerprint density at radius 1 is 1.12 bits per heavy atom. The maximum absolute atomic E-state index is 14.5. The molecular weight excluding hydrogens is 484 g/mol. The number of pyridine rings is 2. The number of aromatic nitrogens is 3. The van der Waals surface area contributed by atoms with Gasteiger partial charge in [0.15, 0.2) is 5.88 Å². The summed E-state index contributed by atoms with van der Waals surface area (Å²) in [5.41, 5.74) is 1.50. The van der Waals surface area contributed by atoms with Gasteiger partial charge in [-0.3, -0.25) is 0 Å². The van der Waals surface area contributed by atoms with Crippen LogP contribution in [-0.4, -0.2) is 46.4 Å². The number of aromatic hydroxyl groups is 1. The highest BCUT2D eigenvalue weighted by Crippen LogP contribution is 2.43. The van der Waals surface area contributed by atoms with Crippen molar-refractivity contribution in [2.75, 3.05) is 36.5 Å². The highest BCUT2D eigenvalue weighted by molar-refractivity contribution is 9.10. The minimum Gasteiger partial charge on any atom is -0.494 e. The van der Waals surface area contributed by atoms with Crippen molar-refractivity contribution in [1.82, 2.24) is 15.0 Å². The Morgan fingerprint density at radius 2 is 1.88 bits per heavy atom. The number of anilines is 3. The third-order valence-corrected chi connectivity index (χ3v) is 6.10. The standard InChI is InChI=1S/C22H18BrF2N5O2/c23-19-20(17-13(24)2-1-3-14(17)25)28-15-11-27-22(31)18(15)21(19)29-16-5-4-12(10-26-16)30-6-8-32-9-7-30/h1-5,10-11,27,31H,6-9H2,(H,26,29). The highest BCUT2D eigenvalue weighted by Gasteiger charge is 2.23. The molecule has 0 unspecified atom stereocenters. The van der Waals surface area contributed by atoms with Crippen molar-refractivity contribution in [3.05, 3.63) is 58.8 Å². The fraction of sp³-hybridized carbons (Fsp3) is 0.182. The second-order valence-electron chi connectivity index (χ2n) is 7.27. The molecule has 4 heterocycles. The largest absolute Gasteiger partial charge is 0.494 e. The first kappa shape index (κ1) is 20.7. The Labute approximate surface area is 190 Å². The number of hydrogen-bond acceptors (Lipinski definition) is 6. The van der Waals surface area contributed by atoms with Gasteiger partial charge in [0, 0.05) is 19.3 Å². The molecule has 164 valence electrons. The van der Waals surface area contributed by atoms with E-state index in [1.807, 2.05) is 6.07 Å². The fourth-order valence-corrected chi connectivity index (χ4v) is 4.32. The van der Waals surface area contributed by atoms with Crippen LogP contribution in [0.25, 0.3) is 22.2 Å². The van der Waals surface area contributed by atoms with Gasteiger partial charge in [-0.2, -0.15) is 0 Å². The van der Waals surface area contributed by atoms with Gasteiger partial charge in [-0.05, 0) is 40.2 Å². The van der Waals surface area contributed by atoms with Crippen molar-refractivity contribution in [3.8, 4) is 17.1 Å². The van der Waals surface area contributed by atoms with Crippen molar-refractivity contribution >= 4 is 44.0 Å². The highest BCUT2D eigenvalue weighted by atomic mass is 79.9.